The summed E-state index contributed by atoms with van der Waals surface area (Å²) in [6.45, 7) is 5.35. The molecule has 0 amide bonds. The second-order valence-corrected chi connectivity index (χ2v) is 13.9. The summed E-state index contributed by atoms with van der Waals surface area (Å²) in [7, 11) is 0. The minimum atomic E-state index is -0.244. The summed E-state index contributed by atoms with van der Waals surface area (Å²) in [5.74, 6) is 1.39. The average molecular weight is 773 g/mol. The van der Waals surface area contributed by atoms with Gasteiger partial charge in [0.15, 0.2) is 0 Å². The number of nitrogens with zero attached hydrogens (tertiary/aromatic N) is 4. The molecule has 7 N–H and O–H groups in total. The van der Waals surface area contributed by atoms with E-state index in [0.29, 0.717) is 46.4 Å². The number of pyridine rings is 2. The number of fused-ring (bicyclic) bond motifs is 2. The zero-order valence-corrected chi connectivity index (χ0v) is 32.2. The third-order valence-electron chi connectivity index (χ3n) is 9.09. The molecule has 2 aromatic carbocycles. The van der Waals surface area contributed by atoms with Gasteiger partial charge in [0.2, 0.25) is 11.9 Å². The van der Waals surface area contributed by atoms with Gasteiger partial charge in [0.1, 0.15) is 11.3 Å². The lowest BCUT2D eigenvalue weighted by atomic mass is 10.1. The minimum Gasteiger partial charge on any atom is -0.395 e. The van der Waals surface area contributed by atoms with Crippen LogP contribution in [0.3, 0.4) is 0 Å². The van der Waals surface area contributed by atoms with E-state index in [4.69, 9.17) is 5.11 Å². The van der Waals surface area contributed by atoms with Gasteiger partial charge in [0, 0.05) is 48.0 Å². The van der Waals surface area contributed by atoms with Crippen molar-refractivity contribution in [2.45, 2.75) is 20.3 Å². The van der Waals surface area contributed by atoms with Crippen LogP contribution in [0.25, 0.3) is 68.9 Å². The molecule has 0 saturated carbocycles. The van der Waals surface area contributed by atoms with Crippen molar-refractivity contribution >= 4 is 58.3 Å². The third kappa shape index (κ3) is 10.1. The van der Waals surface area contributed by atoms with Crippen LogP contribution in [-0.2, 0) is 0 Å². The van der Waals surface area contributed by atoms with E-state index in [1.54, 1.807) is 18.5 Å². The van der Waals surface area contributed by atoms with Crippen LogP contribution in [0, 0.1) is 5.92 Å². The molecule has 292 valence electrons. The monoisotopic (exact) mass is 772 g/mol. The van der Waals surface area contributed by atoms with Gasteiger partial charge in [-0.3, -0.25) is 29.5 Å². The molecule has 0 unspecified atom stereocenters. The van der Waals surface area contributed by atoms with Crippen LogP contribution in [0.4, 0.5) is 11.9 Å². The van der Waals surface area contributed by atoms with Gasteiger partial charge in [0.05, 0.1) is 28.8 Å². The van der Waals surface area contributed by atoms with Crippen molar-refractivity contribution in [1.82, 2.24) is 39.9 Å². The van der Waals surface area contributed by atoms with E-state index in [1.807, 2.05) is 115 Å². The molecule has 6 heterocycles. The van der Waals surface area contributed by atoms with Crippen molar-refractivity contribution in [3.63, 3.8) is 0 Å². The summed E-state index contributed by atoms with van der Waals surface area (Å²) in [5.41, 5.74) is 7.98. The van der Waals surface area contributed by atoms with Crippen LogP contribution in [0.15, 0.2) is 119 Å². The number of benzene rings is 2. The molecule has 0 aliphatic carbocycles. The van der Waals surface area contributed by atoms with Crippen LogP contribution >= 0.6 is 0 Å². The Labute approximate surface area is 334 Å². The summed E-state index contributed by atoms with van der Waals surface area (Å²) in [6, 6.07) is 31.4. The normalized spacial score (nSPS) is 11.4. The largest absolute Gasteiger partial charge is 0.395 e. The molecule has 8 rings (SSSR count). The Balaban J connectivity index is 0.000000177. The van der Waals surface area contributed by atoms with Gasteiger partial charge in [-0.1, -0.05) is 86.7 Å². The molecule has 0 aliphatic heterocycles. The number of aliphatic hydroxyl groups is 1. The first kappa shape index (κ1) is 38.9. The molecule has 0 radical (unpaired) electrons. The molecule has 13 nitrogen and oxygen atoms in total. The molecule has 8 aromatic rings. The first-order chi connectivity index (χ1) is 28.3. The van der Waals surface area contributed by atoms with E-state index in [1.165, 1.54) is 0 Å². The standard InChI is InChI=1S/C24H25N5O.C21H19N5O2/c1-16(2)10-12-26-24-28-22-20(23(30)29-24)15-21(27-22)18-11-13-25-19(14-18)9-8-17-6-4-3-5-7-17;27-11-10-23-21-25-19-17(20(28)26-21)13-18(24-19)15-8-9-22-16(12-15)7-6-14-4-2-1-3-5-14/h3-9,11,13-16H,10,12H2,1-2H3,(H3,26,27,28,29,30);1-9,12-13,27H,10-11H2,(H3,23,24,25,26,28). The Morgan fingerprint density at radius 1 is 0.603 bits per heavy atom. The van der Waals surface area contributed by atoms with Crippen LogP contribution in [0.5, 0.6) is 0 Å². The molecule has 0 fully saturated rings. The van der Waals surface area contributed by atoms with Crippen molar-refractivity contribution in [2.75, 3.05) is 30.3 Å². The maximum Gasteiger partial charge on any atom is 0.261 e. The van der Waals surface area contributed by atoms with Gasteiger partial charge in [0.25, 0.3) is 11.1 Å². The lowest BCUT2D eigenvalue weighted by molar-refractivity contribution is 0.311. The summed E-state index contributed by atoms with van der Waals surface area (Å²) >= 11 is 0. The number of H-pyrrole nitrogens is 4. The minimum absolute atomic E-state index is 0.0476. The van der Waals surface area contributed by atoms with Gasteiger partial charge in [-0.2, -0.15) is 9.97 Å². The molecular formula is C45H44N10O3. The highest BCUT2D eigenvalue weighted by Crippen LogP contribution is 2.24. The van der Waals surface area contributed by atoms with E-state index >= 15 is 0 Å². The number of hydrogen-bond donors (Lipinski definition) is 7. The number of rotatable bonds is 13. The number of aliphatic hydroxyl groups excluding tert-OH is 1. The molecular weight excluding hydrogens is 729 g/mol. The van der Waals surface area contributed by atoms with Crippen molar-refractivity contribution in [3.05, 3.63) is 153 Å². The molecule has 6 aromatic heterocycles. The second kappa shape index (κ2) is 18.5. The van der Waals surface area contributed by atoms with E-state index in [-0.39, 0.29) is 17.7 Å². The Morgan fingerprint density at radius 2 is 1.07 bits per heavy atom. The van der Waals surface area contributed by atoms with E-state index in [0.717, 1.165) is 58.0 Å². The summed E-state index contributed by atoms with van der Waals surface area (Å²) in [5, 5.41) is 16.0. The van der Waals surface area contributed by atoms with Crippen LogP contribution in [-0.4, -0.2) is 64.7 Å². The van der Waals surface area contributed by atoms with Crippen LogP contribution in [0.1, 0.15) is 42.8 Å². The highest BCUT2D eigenvalue weighted by molar-refractivity contribution is 5.85. The number of aromatic amines is 4. The van der Waals surface area contributed by atoms with Crippen molar-refractivity contribution in [2.24, 2.45) is 5.92 Å². The summed E-state index contributed by atoms with van der Waals surface area (Å²) < 4.78 is 0. The lowest BCUT2D eigenvalue weighted by Crippen LogP contribution is -2.14. The summed E-state index contributed by atoms with van der Waals surface area (Å²) in [4.78, 5) is 54.4. The smallest absolute Gasteiger partial charge is 0.261 e. The van der Waals surface area contributed by atoms with Gasteiger partial charge in [-0.05, 0) is 72.0 Å². The van der Waals surface area contributed by atoms with Crippen LogP contribution < -0.4 is 21.8 Å². The van der Waals surface area contributed by atoms with Crippen molar-refractivity contribution in [3.8, 4) is 22.5 Å². The SMILES string of the molecule is CC(C)CCNc1nc2[nH]c(-c3ccnc(C=Cc4ccccc4)c3)cc2c(=O)[nH]1.O=c1[nH]c(NCCO)nc2[nH]c(-c3ccnc(C=Cc4ccccc4)c3)cc12. The fourth-order valence-corrected chi connectivity index (χ4v) is 6.08. The number of aromatic nitrogens is 8. The molecule has 0 bridgehead atoms. The molecule has 58 heavy (non-hydrogen) atoms. The van der Waals surface area contributed by atoms with E-state index < -0.39 is 0 Å². The molecule has 13 heteroatoms. The fraction of sp³-hybridized carbons (Fsp3) is 0.156. The molecule has 0 atom stereocenters. The van der Waals surface area contributed by atoms with Crippen LogP contribution in [0.2, 0.25) is 0 Å². The summed E-state index contributed by atoms with van der Waals surface area (Å²) in [6.07, 6.45) is 12.5. The first-order valence-corrected chi connectivity index (χ1v) is 19.0. The van der Waals surface area contributed by atoms with Gasteiger partial charge >= 0.3 is 0 Å². The average Bonchev–Trinajstić information content (AvgIpc) is 3.89. The first-order valence-electron chi connectivity index (χ1n) is 19.0. The van der Waals surface area contributed by atoms with Gasteiger partial charge in [-0.15, -0.1) is 0 Å². The van der Waals surface area contributed by atoms with Gasteiger partial charge < -0.3 is 25.7 Å². The number of anilines is 2. The lowest BCUT2D eigenvalue weighted by Gasteiger charge is -2.06. The van der Waals surface area contributed by atoms with Gasteiger partial charge in [-0.25, -0.2) is 0 Å². The zero-order valence-electron chi connectivity index (χ0n) is 32.2. The Bertz CT molecular complexity index is 2780. The Kier molecular flexibility index (Phi) is 12.4. The highest BCUT2D eigenvalue weighted by Gasteiger charge is 2.12. The number of nitrogens with one attached hydrogen (secondary N) is 6. The Morgan fingerprint density at radius 3 is 1.52 bits per heavy atom. The fourth-order valence-electron chi connectivity index (χ4n) is 6.08. The third-order valence-corrected chi connectivity index (χ3v) is 9.09. The molecule has 0 aliphatic rings. The highest BCUT2D eigenvalue weighted by atomic mass is 16.3. The predicted molar refractivity (Wildman–Crippen MR) is 234 cm³/mol. The predicted octanol–water partition coefficient (Wildman–Crippen LogP) is 7.83. The number of hydrogen-bond acceptors (Lipinski definition) is 9. The topological polar surface area (TPSA) is 193 Å². The van der Waals surface area contributed by atoms with E-state index in [2.05, 4.69) is 64.4 Å². The molecule has 0 spiro atoms. The van der Waals surface area contributed by atoms with E-state index in [9.17, 15) is 9.59 Å². The zero-order chi connectivity index (χ0) is 40.3. The van der Waals surface area contributed by atoms with Crippen molar-refractivity contribution in [1.29, 1.82) is 0 Å². The second-order valence-electron chi connectivity index (χ2n) is 13.9. The Hall–Kier alpha value is -7.38. The maximum absolute atomic E-state index is 12.5. The van der Waals surface area contributed by atoms with Crippen molar-refractivity contribution < 1.29 is 5.11 Å². The maximum atomic E-state index is 12.5. The quantitative estimate of drug-likeness (QED) is 0.0612. The molecule has 0 saturated heterocycles.